The zero-order valence-corrected chi connectivity index (χ0v) is 15.6. The van der Waals surface area contributed by atoms with Gasteiger partial charge in [-0.05, 0) is 17.7 Å². The average molecular weight is 390 g/mol. The fourth-order valence-electron chi connectivity index (χ4n) is 2.16. The number of nitrogens with zero attached hydrogens (tertiary/aromatic N) is 3. The first-order chi connectivity index (χ1) is 12.7. The second-order valence-electron chi connectivity index (χ2n) is 5.33. The van der Waals surface area contributed by atoms with Crippen LogP contribution in [-0.4, -0.2) is 38.8 Å². The molecule has 0 radical (unpaired) electrons. The molecule has 2 heterocycles. The third-order valence-electron chi connectivity index (χ3n) is 3.42. The number of benzene rings is 1. The van der Waals surface area contributed by atoms with Crippen LogP contribution in [0, 0.1) is 0 Å². The molecule has 7 nitrogen and oxygen atoms in total. The maximum Gasteiger partial charge on any atom is 0.230 e. The Labute approximate surface area is 159 Å². The lowest BCUT2D eigenvalue weighted by Crippen LogP contribution is -2.27. The standard InChI is InChI=1S/C17H19N5O2S2/c18-22-16(14-7-4-9-24-14)20-21-17(22)26-12-15(23)19-8-10-25-11-13-5-2-1-3-6-13/h1-7,9H,8,10-12,18H2,(H,19,23). The Hall–Kier alpha value is -2.39. The molecule has 9 heteroatoms. The van der Waals surface area contributed by atoms with Crippen LogP contribution in [0.1, 0.15) is 5.56 Å². The van der Waals surface area contributed by atoms with Crippen molar-refractivity contribution in [2.75, 3.05) is 23.9 Å². The highest BCUT2D eigenvalue weighted by atomic mass is 32.2. The Kier molecular flexibility index (Phi) is 6.62. The van der Waals surface area contributed by atoms with Crippen molar-refractivity contribution in [2.24, 2.45) is 0 Å². The molecule has 0 aliphatic heterocycles. The molecule has 0 fully saturated rings. The molecule has 0 saturated heterocycles. The van der Waals surface area contributed by atoms with Crippen molar-refractivity contribution in [3.63, 3.8) is 0 Å². The lowest BCUT2D eigenvalue weighted by molar-refractivity contribution is -0.118. The van der Waals surface area contributed by atoms with Crippen LogP contribution in [0.25, 0.3) is 11.6 Å². The first-order valence-electron chi connectivity index (χ1n) is 7.99. The quantitative estimate of drug-likeness (QED) is 0.329. The third kappa shape index (κ3) is 5.06. The molecule has 136 valence electrons. The summed E-state index contributed by atoms with van der Waals surface area (Å²) >= 11 is 3.03. The van der Waals surface area contributed by atoms with E-state index in [0.29, 0.717) is 23.3 Å². The summed E-state index contributed by atoms with van der Waals surface area (Å²) in [4.78, 5) is 11.9. The van der Waals surface area contributed by atoms with E-state index >= 15 is 0 Å². The van der Waals surface area contributed by atoms with E-state index in [2.05, 4.69) is 27.6 Å². The van der Waals surface area contributed by atoms with E-state index in [1.807, 2.05) is 18.2 Å². The second-order valence-corrected chi connectivity index (χ2v) is 7.38. The largest absolute Gasteiger partial charge is 0.461 e. The van der Waals surface area contributed by atoms with E-state index in [1.165, 1.54) is 22.0 Å². The second kappa shape index (κ2) is 9.35. The fraction of sp³-hybridized carbons (Fsp3) is 0.235. The van der Waals surface area contributed by atoms with Gasteiger partial charge >= 0.3 is 0 Å². The van der Waals surface area contributed by atoms with Gasteiger partial charge in [-0.25, -0.2) is 4.68 Å². The Morgan fingerprint density at radius 2 is 2.04 bits per heavy atom. The molecule has 0 aliphatic carbocycles. The molecule has 0 bridgehead atoms. The SMILES string of the molecule is Nn1c(SCC(=O)NCCSCc2ccccc2)nnc1-c1ccco1. The molecule has 2 aromatic heterocycles. The number of thioether (sulfide) groups is 2. The zero-order chi connectivity index (χ0) is 18.2. The number of carbonyl (C=O) groups excluding carboxylic acids is 1. The molecule has 0 saturated carbocycles. The molecular weight excluding hydrogens is 370 g/mol. The predicted octanol–water partition coefficient (Wildman–Crippen LogP) is 2.39. The zero-order valence-electron chi connectivity index (χ0n) is 14.0. The van der Waals surface area contributed by atoms with Crippen LogP contribution in [0.5, 0.6) is 0 Å². The number of nitrogens with two attached hydrogens (primary N) is 1. The van der Waals surface area contributed by atoms with E-state index in [4.69, 9.17) is 10.3 Å². The number of hydrogen-bond donors (Lipinski definition) is 2. The van der Waals surface area contributed by atoms with Crippen LogP contribution >= 0.6 is 23.5 Å². The molecule has 1 aromatic carbocycles. The smallest absolute Gasteiger partial charge is 0.230 e. The monoisotopic (exact) mass is 389 g/mol. The summed E-state index contributed by atoms with van der Waals surface area (Å²) in [5.74, 6) is 8.89. The fourth-order valence-corrected chi connectivity index (χ4v) is 3.66. The van der Waals surface area contributed by atoms with Gasteiger partial charge in [0.05, 0.1) is 12.0 Å². The van der Waals surface area contributed by atoms with Gasteiger partial charge in [0.15, 0.2) is 5.76 Å². The minimum absolute atomic E-state index is 0.0575. The molecule has 0 spiro atoms. The number of aromatic nitrogens is 3. The van der Waals surface area contributed by atoms with Crippen molar-refractivity contribution in [1.29, 1.82) is 0 Å². The summed E-state index contributed by atoms with van der Waals surface area (Å²) in [6.07, 6.45) is 1.54. The summed E-state index contributed by atoms with van der Waals surface area (Å²) in [6, 6.07) is 13.8. The van der Waals surface area contributed by atoms with Crippen molar-refractivity contribution >= 4 is 29.4 Å². The number of nitrogen functional groups attached to an aromatic ring is 1. The summed E-state index contributed by atoms with van der Waals surface area (Å²) < 4.78 is 6.58. The molecule has 26 heavy (non-hydrogen) atoms. The topological polar surface area (TPSA) is 99.0 Å². The number of nitrogens with one attached hydrogen (secondary N) is 1. The molecule has 3 aromatic rings. The lowest BCUT2D eigenvalue weighted by atomic mass is 10.2. The number of furan rings is 1. The molecule has 3 N–H and O–H groups in total. The highest BCUT2D eigenvalue weighted by Crippen LogP contribution is 2.21. The van der Waals surface area contributed by atoms with E-state index in [1.54, 1.807) is 30.2 Å². The van der Waals surface area contributed by atoms with Gasteiger partial charge in [0, 0.05) is 18.1 Å². The molecular formula is C17H19N5O2S2. The minimum Gasteiger partial charge on any atom is -0.461 e. The van der Waals surface area contributed by atoms with Crippen molar-refractivity contribution in [3.05, 3.63) is 54.3 Å². The van der Waals surface area contributed by atoms with Crippen LogP contribution in [0.3, 0.4) is 0 Å². The third-order valence-corrected chi connectivity index (χ3v) is 5.39. The van der Waals surface area contributed by atoms with Gasteiger partial charge in [0.25, 0.3) is 0 Å². The van der Waals surface area contributed by atoms with Crippen LogP contribution in [0.2, 0.25) is 0 Å². The van der Waals surface area contributed by atoms with Crippen molar-refractivity contribution in [1.82, 2.24) is 20.2 Å². The van der Waals surface area contributed by atoms with E-state index in [0.717, 1.165) is 11.5 Å². The Balaban J connectivity index is 1.35. The highest BCUT2D eigenvalue weighted by molar-refractivity contribution is 7.99. The van der Waals surface area contributed by atoms with Crippen molar-refractivity contribution in [3.8, 4) is 11.6 Å². The van der Waals surface area contributed by atoms with Gasteiger partial charge in [-0.3, -0.25) is 4.79 Å². The van der Waals surface area contributed by atoms with Gasteiger partial charge in [-0.1, -0.05) is 42.1 Å². The summed E-state index contributed by atoms with van der Waals surface area (Å²) in [6.45, 7) is 0.629. The normalized spacial score (nSPS) is 10.8. The molecule has 0 unspecified atom stereocenters. The van der Waals surface area contributed by atoms with Crippen LogP contribution < -0.4 is 11.2 Å². The maximum absolute atomic E-state index is 11.9. The van der Waals surface area contributed by atoms with Gasteiger partial charge in [0.2, 0.25) is 16.9 Å². The van der Waals surface area contributed by atoms with Gasteiger partial charge in [-0.2, -0.15) is 11.8 Å². The number of rotatable bonds is 9. The van der Waals surface area contributed by atoms with Gasteiger partial charge < -0.3 is 15.6 Å². The Bertz CT molecular complexity index is 821. The first kappa shape index (κ1) is 18.4. The minimum atomic E-state index is -0.0575. The maximum atomic E-state index is 11.9. The Morgan fingerprint density at radius 3 is 2.81 bits per heavy atom. The number of amides is 1. The highest BCUT2D eigenvalue weighted by Gasteiger charge is 2.15. The number of carbonyl (C=O) groups is 1. The first-order valence-corrected chi connectivity index (χ1v) is 10.1. The molecule has 0 aliphatic rings. The summed E-state index contributed by atoms with van der Waals surface area (Å²) in [5.41, 5.74) is 1.29. The lowest BCUT2D eigenvalue weighted by Gasteiger charge is -2.05. The van der Waals surface area contributed by atoms with E-state index in [-0.39, 0.29) is 11.7 Å². The Morgan fingerprint density at radius 1 is 1.19 bits per heavy atom. The van der Waals surface area contributed by atoms with Crippen LogP contribution in [0.4, 0.5) is 0 Å². The predicted molar refractivity (Wildman–Crippen MR) is 104 cm³/mol. The van der Waals surface area contributed by atoms with Gasteiger partial charge in [-0.15, -0.1) is 10.2 Å². The van der Waals surface area contributed by atoms with Crippen molar-refractivity contribution in [2.45, 2.75) is 10.9 Å². The van der Waals surface area contributed by atoms with Crippen LogP contribution in [0.15, 0.2) is 58.3 Å². The molecule has 1 amide bonds. The summed E-state index contributed by atoms with van der Waals surface area (Å²) in [5, 5.41) is 11.3. The number of hydrogen-bond acceptors (Lipinski definition) is 7. The van der Waals surface area contributed by atoms with Crippen molar-refractivity contribution < 1.29 is 9.21 Å². The average Bonchev–Trinajstić information content (AvgIpc) is 3.30. The summed E-state index contributed by atoms with van der Waals surface area (Å²) in [7, 11) is 0. The van der Waals surface area contributed by atoms with E-state index in [9.17, 15) is 4.79 Å². The molecule has 0 atom stereocenters. The van der Waals surface area contributed by atoms with Crippen LogP contribution in [-0.2, 0) is 10.5 Å². The molecule has 3 rings (SSSR count). The van der Waals surface area contributed by atoms with Gasteiger partial charge in [0.1, 0.15) is 0 Å². The van der Waals surface area contributed by atoms with E-state index < -0.39 is 0 Å².